The number of benzene rings is 1. The lowest BCUT2D eigenvalue weighted by Crippen LogP contribution is -2.29. The van der Waals surface area contributed by atoms with E-state index in [-0.39, 0.29) is 23.4 Å². The zero-order valence-corrected chi connectivity index (χ0v) is 11.1. The summed E-state index contributed by atoms with van der Waals surface area (Å²) in [5, 5.41) is 2.05. The minimum absolute atomic E-state index is 0.172. The highest BCUT2D eigenvalue weighted by Gasteiger charge is 2.29. The smallest absolute Gasteiger partial charge is 0.313 e. The van der Waals surface area contributed by atoms with Crippen LogP contribution in [0.3, 0.4) is 0 Å². The second-order valence-electron chi connectivity index (χ2n) is 4.05. The Morgan fingerprint density at radius 1 is 1.25 bits per heavy atom. The van der Waals surface area contributed by atoms with Crippen LogP contribution in [0.2, 0.25) is 0 Å². The Kier molecular flexibility index (Phi) is 4.04. The van der Waals surface area contributed by atoms with Crippen molar-refractivity contribution in [3.63, 3.8) is 0 Å². The van der Waals surface area contributed by atoms with Crippen molar-refractivity contribution in [1.29, 1.82) is 0 Å². The van der Waals surface area contributed by atoms with Crippen LogP contribution >= 0.6 is 11.8 Å². The first-order valence-electron chi connectivity index (χ1n) is 5.64. The number of hydrogen-bond donors (Lipinski definition) is 2. The Bertz CT molecular complexity index is 569. The summed E-state index contributed by atoms with van der Waals surface area (Å²) in [4.78, 5) is 45.7. The van der Waals surface area contributed by atoms with Gasteiger partial charge in [0.2, 0.25) is 5.91 Å². The predicted octanol–water partition coefficient (Wildman–Crippen LogP) is 0.306. The van der Waals surface area contributed by atoms with Gasteiger partial charge in [0.15, 0.2) is 0 Å². The molecule has 0 atom stereocenters. The van der Waals surface area contributed by atoms with E-state index in [1.807, 2.05) is 0 Å². The molecule has 0 saturated carbocycles. The summed E-state index contributed by atoms with van der Waals surface area (Å²) in [5.41, 5.74) is 5.97. The average Bonchev–Trinajstić information content (AvgIpc) is 2.72. The van der Waals surface area contributed by atoms with Crippen LogP contribution < -0.4 is 11.1 Å². The van der Waals surface area contributed by atoms with Crippen molar-refractivity contribution in [2.24, 2.45) is 5.73 Å². The molecule has 1 aromatic rings. The fourth-order valence-corrected chi connectivity index (χ4v) is 2.33. The van der Waals surface area contributed by atoms with Gasteiger partial charge in [-0.25, -0.2) is 0 Å². The number of nitrogens with one attached hydrogen (secondary N) is 1. The highest BCUT2D eigenvalue weighted by atomic mass is 32.2. The van der Waals surface area contributed by atoms with E-state index >= 15 is 0 Å². The normalized spacial score (nSPS) is 14.5. The number of carbonyl (C=O) groups is 4. The Hall–Kier alpha value is -2.35. The van der Waals surface area contributed by atoms with Gasteiger partial charge in [0.25, 0.3) is 5.24 Å². The monoisotopic (exact) mass is 293 g/mol. The predicted molar refractivity (Wildman–Crippen MR) is 72.7 cm³/mol. The van der Waals surface area contributed by atoms with Gasteiger partial charge in [0.1, 0.15) is 0 Å². The quantitative estimate of drug-likeness (QED) is 0.779. The second-order valence-corrected chi connectivity index (χ2v) is 4.98. The number of hydrogen-bond acceptors (Lipinski definition) is 5. The summed E-state index contributed by atoms with van der Waals surface area (Å²) in [5.74, 6) is -2.02. The molecule has 1 aliphatic rings. The SMILES string of the molecule is NC(=O)C(=O)Nc1ccc(CN2C(=O)CSC2=O)cc1. The Balaban J connectivity index is 2.01. The average molecular weight is 293 g/mol. The molecule has 8 heteroatoms. The number of nitrogens with two attached hydrogens (primary N) is 1. The number of nitrogens with zero attached hydrogens (tertiary/aromatic N) is 1. The molecule has 20 heavy (non-hydrogen) atoms. The first kappa shape index (κ1) is 14.1. The number of amides is 4. The third kappa shape index (κ3) is 3.15. The molecule has 1 saturated heterocycles. The number of primary amides is 1. The maximum atomic E-state index is 11.5. The largest absolute Gasteiger partial charge is 0.361 e. The van der Waals surface area contributed by atoms with Crippen LogP contribution in [0.1, 0.15) is 5.56 Å². The van der Waals surface area contributed by atoms with E-state index in [2.05, 4.69) is 5.32 Å². The minimum atomic E-state index is -1.07. The molecule has 1 aromatic carbocycles. The van der Waals surface area contributed by atoms with E-state index in [0.717, 1.165) is 17.3 Å². The van der Waals surface area contributed by atoms with Gasteiger partial charge in [-0.2, -0.15) is 0 Å². The number of thioether (sulfide) groups is 1. The molecule has 4 amide bonds. The maximum Gasteiger partial charge on any atom is 0.313 e. The lowest BCUT2D eigenvalue weighted by atomic mass is 10.2. The van der Waals surface area contributed by atoms with Gasteiger partial charge >= 0.3 is 11.8 Å². The summed E-state index contributed by atoms with van der Waals surface area (Å²) in [7, 11) is 0. The minimum Gasteiger partial charge on any atom is -0.361 e. The summed E-state index contributed by atoms with van der Waals surface area (Å²) in [6, 6.07) is 6.43. The maximum absolute atomic E-state index is 11.5. The summed E-state index contributed by atoms with van der Waals surface area (Å²) >= 11 is 0.977. The van der Waals surface area contributed by atoms with E-state index in [1.165, 1.54) is 4.90 Å². The lowest BCUT2D eigenvalue weighted by molar-refractivity contribution is -0.134. The van der Waals surface area contributed by atoms with E-state index in [9.17, 15) is 19.2 Å². The Labute approximate surface area is 118 Å². The lowest BCUT2D eigenvalue weighted by Gasteiger charge is -2.13. The molecule has 104 valence electrons. The van der Waals surface area contributed by atoms with Gasteiger partial charge in [-0.15, -0.1) is 0 Å². The molecule has 2 rings (SSSR count). The zero-order chi connectivity index (χ0) is 14.7. The van der Waals surface area contributed by atoms with Crippen LogP contribution in [0.5, 0.6) is 0 Å². The first-order valence-corrected chi connectivity index (χ1v) is 6.63. The molecule has 1 aliphatic heterocycles. The molecule has 1 fully saturated rings. The number of carbonyl (C=O) groups excluding carboxylic acids is 4. The van der Waals surface area contributed by atoms with E-state index < -0.39 is 11.8 Å². The first-order chi connectivity index (χ1) is 9.47. The van der Waals surface area contributed by atoms with Crippen molar-refractivity contribution in [3.8, 4) is 0 Å². The topological polar surface area (TPSA) is 110 Å². The van der Waals surface area contributed by atoms with Gasteiger partial charge in [-0.05, 0) is 17.7 Å². The van der Waals surface area contributed by atoms with Gasteiger partial charge in [-0.3, -0.25) is 24.1 Å². The van der Waals surface area contributed by atoms with Gasteiger partial charge in [-0.1, -0.05) is 23.9 Å². The van der Waals surface area contributed by atoms with Crippen molar-refractivity contribution in [2.45, 2.75) is 6.54 Å². The Morgan fingerprint density at radius 2 is 1.90 bits per heavy atom. The molecule has 0 radical (unpaired) electrons. The molecule has 3 N–H and O–H groups in total. The highest BCUT2D eigenvalue weighted by molar-refractivity contribution is 8.14. The third-order valence-corrected chi connectivity index (χ3v) is 3.48. The molecule has 0 aromatic heterocycles. The van der Waals surface area contributed by atoms with Gasteiger partial charge in [0.05, 0.1) is 12.3 Å². The third-order valence-electron chi connectivity index (χ3n) is 2.62. The summed E-state index contributed by atoms with van der Waals surface area (Å²) in [6.07, 6.45) is 0. The molecule has 1 heterocycles. The van der Waals surface area contributed by atoms with Crippen LogP contribution in [-0.4, -0.2) is 33.6 Å². The van der Waals surface area contributed by atoms with Crippen LogP contribution in [0.4, 0.5) is 10.5 Å². The summed E-state index contributed by atoms with van der Waals surface area (Å²) < 4.78 is 0. The zero-order valence-electron chi connectivity index (χ0n) is 10.3. The molecule has 0 unspecified atom stereocenters. The molecule has 0 bridgehead atoms. The number of rotatable bonds is 3. The van der Waals surface area contributed by atoms with Crippen molar-refractivity contribution in [3.05, 3.63) is 29.8 Å². The van der Waals surface area contributed by atoms with Crippen molar-refractivity contribution >= 4 is 40.4 Å². The molecule has 7 nitrogen and oxygen atoms in total. The molecule has 0 spiro atoms. The van der Waals surface area contributed by atoms with E-state index in [4.69, 9.17) is 5.73 Å². The second kappa shape index (κ2) is 5.74. The number of imide groups is 1. The fourth-order valence-electron chi connectivity index (χ4n) is 1.60. The van der Waals surface area contributed by atoms with Crippen LogP contribution in [0.15, 0.2) is 24.3 Å². The van der Waals surface area contributed by atoms with Crippen molar-refractivity contribution < 1.29 is 19.2 Å². The van der Waals surface area contributed by atoms with Crippen molar-refractivity contribution in [1.82, 2.24) is 4.90 Å². The van der Waals surface area contributed by atoms with E-state index in [1.54, 1.807) is 24.3 Å². The van der Waals surface area contributed by atoms with Crippen LogP contribution in [-0.2, 0) is 20.9 Å². The van der Waals surface area contributed by atoms with Gasteiger partial charge in [0, 0.05) is 5.69 Å². The fraction of sp³-hybridized carbons (Fsp3) is 0.167. The molecular formula is C12H11N3O4S. The molecular weight excluding hydrogens is 282 g/mol. The standard InChI is InChI=1S/C12H11N3O4S/c13-10(17)11(18)14-8-3-1-7(2-4-8)5-15-9(16)6-20-12(15)19/h1-4H,5-6H2,(H2,13,17)(H,14,18). The highest BCUT2D eigenvalue weighted by Crippen LogP contribution is 2.21. The van der Waals surface area contributed by atoms with Crippen molar-refractivity contribution in [2.75, 3.05) is 11.1 Å². The number of anilines is 1. The van der Waals surface area contributed by atoms with Gasteiger partial charge < -0.3 is 11.1 Å². The molecule has 0 aliphatic carbocycles. The summed E-state index contributed by atoms with van der Waals surface area (Å²) in [6.45, 7) is 0.189. The van der Waals surface area contributed by atoms with Crippen LogP contribution in [0.25, 0.3) is 0 Å². The Morgan fingerprint density at radius 3 is 2.40 bits per heavy atom. The van der Waals surface area contributed by atoms with E-state index in [0.29, 0.717) is 5.69 Å². The van der Waals surface area contributed by atoms with Crippen LogP contribution in [0, 0.1) is 0 Å².